The normalized spacial score (nSPS) is 18.3. The van der Waals surface area contributed by atoms with Crippen molar-refractivity contribution in [3.05, 3.63) is 40.5 Å². The van der Waals surface area contributed by atoms with Crippen LogP contribution in [0.2, 0.25) is 5.02 Å². The van der Waals surface area contributed by atoms with Crippen molar-refractivity contribution in [3.63, 3.8) is 0 Å². The van der Waals surface area contributed by atoms with Crippen LogP contribution < -0.4 is 4.90 Å². The Morgan fingerprint density at radius 2 is 1.71 bits per heavy atom. The van der Waals surface area contributed by atoms with Gasteiger partial charge in [-0.25, -0.2) is 8.42 Å². The molecule has 1 amide bonds. The standard InChI is InChI=1S/C24H35ClN6O3S/c1-4-8-27-9-11-29(12-10-27)24(32)21-18-30(5-2)26-23(21)35(33,34)31-15-13-28(14-16-31)22-17-20(25)7-6-19(22)3/h6-7,17-18H,4-5,8-16H2,1-3H3. The number of carbonyl (C=O) groups is 1. The molecule has 2 aromatic rings. The fourth-order valence-electron chi connectivity index (χ4n) is 4.78. The molecule has 9 nitrogen and oxygen atoms in total. The highest BCUT2D eigenvalue weighted by Gasteiger charge is 2.36. The largest absolute Gasteiger partial charge is 0.369 e. The minimum Gasteiger partial charge on any atom is -0.369 e. The van der Waals surface area contributed by atoms with Crippen LogP contribution in [-0.2, 0) is 16.6 Å². The number of sulfonamides is 1. The van der Waals surface area contributed by atoms with Crippen LogP contribution in [-0.4, -0.2) is 97.1 Å². The molecule has 2 saturated heterocycles. The second-order valence-electron chi connectivity index (χ2n) is 9.16. The molecule has 3 heterocycles. The summed E-state index contributed by atoms with van der Waals surface area (Å²) in [4.78, 5) is 19.6. The molecule has 0 saturated carbocycles. The lowest BCUT2D eigenvalue weighted by molar-refractivity contribution is 0.0633. The molecule has 0 atom stereocenters. The molecule has 0 spiro atoms. The third-order valence-electron chi connectivity index (χ3n) is 6.82. The summed E-state index contributed by atoms with van der Waals surface area (Å²) in [7, 11) is -3.92. The van der Waals surface area contributed by atoms with Gasteiger partial charge in [0.2, 0.25) is 5.03 Å². The number of anilines is 1. The van der Waals surface area contributed by atoms with E-state index in [0.717, 1.165) is 37.3 Å². The van der Waals surface area contributed by atoms with Crippen molar-refractivity contribution < 1.29 is 13.2 Å². The first-order valence-electron chi connectivity index (χ1n) is 12.3. The van der Waals surface area contributed by atoms with Crippen LogP contribution in [0.1, 0.15) is 36.2 Å². The molecule has 192 valence electrons. The summed E-state index contributed by atoms with van der Waals surface area (Å²) in [6.07, 6.45) is 2.66. The first kappa shape index (κ1) is 25.9. The number of rotatable bonds is 7. The highest BCUT2D eigenvalue weighted by molar-refractivity contribution is 7.89. The van der Waals surface area contributed by atoms with Gasteiger partial charge in [-0.2, -0.15) is 9.40 Å². The lowest BCUT2D eigenvalue weighted by atomic mass is 10.1. The molecule has 0 N–H and O–H groups in total. The van der Waals surface area contributed by atoms with E-state index in [9.17, 15) is 13.2 Å². The van der Waals surface area contributed by atoms with Crippen LogP contribution in [0.3, 0.4) is 0 Å². The van der Waals surface area contributed by atoms with E-state index in [1.165, 1.54) is 4.31 Å². The second kappa shape index (κ2) is 10.9. The Morgan fingerprint density at radius 1 is 1.03 bits per heavy atom. The fraction of sp³-hybridized carbons (Fsp3) is 0.583. The number of halogens is 1. The van der Waals surface area contributed by atoms with E-state index in [1.54, 1.807) is 15.8 Å². The molecule has 0 aliphatic carbocycles. The predicted octanol–water partition coefficient (Wildman–Crippen LogP) is 2.54. The Hall–Kier alpha value is -2.14. The molecule has 11 heteroatoms. The number of aryl methyl sites for hydroxylation is 2. The molecule has 2 fully saturated rings. The van der Waals surface area contributed by atoms with Gasteiger partial charge in [-0.05, 0) is 44.5 Å². The van der Waals surface area contributed by atoms with E-state index in [-0.39, 0.29) is 16.5 Å². The topological polar surface area (TPSA) is 82.0 Å². The Bertz CT molecular complexity index is 1150. The molecule has 2 aliphatic rings. The molecular formula is C24H35ClN6O3S. The fourth-order valence-corrected chi connectivity index (χ4v) is 6.46. The van der Waals surface area contributed by atoms with Gasteiger partial charge in [0.1, 0.15) is 0 Å². The number of hydrogen-bond donors (Lipinski definition) is 0. The average molecular weight is 523 g/mol. The predicted molar refractivity (Wildman–Crippen MR) is 138 cm³/mol. The van der Waals surface area contributed by atoms with E-state index < -0.39 is 10.0 Å². The van der Waals surface area contributed by atoms with E-state index in [4.69, 9.17) is 11.6 Å². The van der Waals surface area contributed by atoms with Crippen molar-refractivity contribution in [2.75, 3.05) is 63.8 Å². The third-order valence-corrected chi connectivity index (χ3v) is 8.89. The first-order chi connectivity index (χ1) is 16.7. The molecule has 0 bridgehead atoms. The van der Waals surface area contributed by atoms with Crippen molar-refractivity contribution in [1.29, 1.82) is 0 Å². The quantitative estimate of drug-likeness (QED) is 0.556. The van der Waals surface area contributed by atoms with Crippen molar-refractivity contribution in [3.8, 4) is 0 Å². The number of nitrogens with zero attached hydrogens (tertiary/aromatic N) is 6. The summed E-state index contributed by atoms with van der Waals surface area (Å²) >= 11 is 6.19. The molecule has 0 radical (unpaired) electrons. The highest BCUT2D eigenvalue weighted by Crippen LogP contribution is 2.27. The Balaban J connectivity index is 1.51. The summed E-state index contributed by atoms with van der Waals surface area (Å²) in [5.74, 6) is -0.257. The van der Waals surface area contributed by atoms with Crippen molar-refractivity contribution in [2.45, 2.75) is 38.8 Å². The summed E-state index contributed by atoms with van der Waals surface area (Å²) in [5.41, 5.74) is 2.28. The maximum Gasteiger partial charge on any atom is 0.263 e. The number of hydrogen-bond acceptors (Lipinski definition) is 6. The maximum absolute atomic E-state index is 13.7. The van der Waals surface area contributed by atoms with Gasteiger partial charge in [-0.1, -0.05) is 24.6 Å². The number of piperazine rings is 2. The van der Waals surface area contributed by atoms with Gasteiger partial charge >= 0.3 is 0 Å². The van der Waals surface area contributed by atoms with Crippen LogP contribution in [0, 0.1) is 6.92 Å². The molecular weight excluding hydrogens is 488 g/mol. The second-order valence-corrected chi connectivity index (χ2v) is 11.4. The summed E-state index contributed by atoms with van der Waals surface area (Å²) in [5, 5.41) is 4.86. The lowest BCUT2D eigenvalue weighted by Crippen LogP contribution is -2.50. The zero-order valence-electron chi connectivity index (χ0n) is 20.8. The number of benzene rings is 1. The molecule has 2 aliphatic heterocycles. The molecule has 1 aromatic carbocycles. The van der Waals surface area contributed by atoms with Crippen LogP contribution in [0.4, 0.5) is 5.69 Å². The molecule has 1 aromatic heterocycles. The summed E-state index contributed by atoms with van der Waals surface area (Å²) in [6.45, 7) is 12.0. The number of amides is 1. The van der Waals surface area contributed by atoms with Gasteiger partial charge in [0, 0.05) is 75.8 Å². The van der Waals surface area contributed by atoms with Gasteiger partial charge in [0.25, 0.3) is 15.9 Å². The van der Waals surface area contributed by atoms with Gasteiger partial charge in [-0.3, -0.25) is 14.4 Å². The highest BCUT2D eigenvalue weighted by atomic mass is 35.5. The molecule has 4 rings (SSSR count). The molecule has 35 heavy (non-hydrogen) atoms. The van der Waals surface area contributed by atoms with Crippen molar-refractivity contribution in [1.82, 2.24) is 23.9 Å². The third kappa shape index (κ3) is 5.50. The minimum atomic E-state index is -3.92. The average Bonchev–Trinajstić information content (AvgIpc) is 3.31. The zero-order valence-corrected chi connectivity index (χ0v) is 22.4. The number of carbonyl (C=O) groups excluding carboxylic acids is 1. The van der Waals surface area contributed by atoms with E-state index >= 15 is 0 Å². The van der Waals surface area contributed by atoms with Gasteiger partial charge in [0.15, 0.2) is 0 Å². The van der Waals surface area contributed by atoms with Gasteiger partial charge < -0.3 is 9.80 Å². The minimum absolute atomic E-state index is 0.132. The first-order valence-corrected chi connectivity index (χ1v) is 14.2. The smallest absolute Gasteiger partial charge is 0.263 e. The zero-order chi connectivity index (χ0) is 25.2. The molecule has 0 unspecified atom stereocenters. The van der Waals surface area contributed by atoms with Crippen molar-refractivity contribution >= 4 is 33.2 Å². The Labute approximate surface area is 213 Å². The summed E-state index contributed by atoms with van der Waals surface area (Å²) in [6, 6.07) is 5.74. The van der Waals surface area contributed by atoms with E-state index in [2.05, 4.69) is 21.8 Å². The van der Waals surface area contributed by atoms with Crippen LogP contribution in [0.15, 0.2) is 29.4 Å². The lowest BCUT2D eigenvalue weighted by Gasteiger charge is -2.36. The van der Waals surface area contributed by atoms with Gasteiger partial charge in [-0.15, -0.1) is 0 Å². The van der Waals surface area contributed by atoms with E-state index in [0.29, 0.717) is 50.8 Å². The van der Waals surface area contributed by atoms with Crippen molar-refractivity contribution in [2.24, 2.45) is 0 Å². The van der Waals surface area contributed by atoms with E-state index in [1.807, 2.05) is 32.0 Å². The Morgan fingerprint density at radius 3 is 2.34 bits per heavy atom. The Kier molecular flexibility index (Phi) is 8.05. The van der Waals surface area contributed by atoms with Crippen LogP contribution in [0.5, 0.6) is 0 Å². The van der Waals surface area contributed by atoms with Gasteiger partial charge in [0.05, 0.1) is 5.56 Å². The van der Waals surface area contributed by atoms with Crippen LogP contribution >= 0.6 is 11.6 Å². The number of aromatic nitrogens is 2. The van der Waals surface area contributed by atoms with Crippen LogP contribution in [0.25, 0.3) is 0 Å². The SMILES string of the molecule is CCCN1CCN(C(=O)c2cn(CC)nc2S(=O)(=O)N2CCN(c3cc(Cl)ccc3C)CC2)CC1. The summed E-state index contributed by atoms with van der Waals surface area (Å²) < 4.78 is 30.3. The maximum atomic E-state index is 13.7. The monoisotopic (exact) mass is 522 g/mol.